The fourth-order valence-corrected chi connectivity index (χ4v) is 3.43. The van der Waals surface area contributed by atoms with Gasteiger partial charge < -0.3 is 43.2 Å². The average molecular weight is 453 g/mol. The highest BCUT2D eigenvalue weighted by atomic mass is 16.7. The van der Waals surface area contributed by atoms with E-state index in [0.29, 0.717) is 24.5 Å². The maximum atomic E-state index is 13.1. The first kappa shape index (κ1) is 24.3. The average Bonchev–Trinajstić information content (AvgIpc) is 3.29. The number of carbonyl (C=O) groups excluding carboxylic acids is 1. The third-order valence-corrected chi connectivity index (χ3v) is 5.16. The van der Waals surface area contributed by atoms with Crippen molar-refractivity contribution >= 4 is 5.91 Å². The number of fused-ring (bicyclic) bond motifs is 1. The molecule has 0 fully saturated rings. The molecule has 2 aliphatic heterocycles. The van der Waals surface area contributed by atoms with Gasteiger partial charge in [0.25, 0.3) is 5.91 Å². The third kappa shape index (κ3) is 6.33. The number of benzene rings is 1. The van der Waals surface area contributed by atoms with Crippen LogP contribution in [0.1, 0.15) is 17.9 Å². The molecule has 1 aromatic rings. The van der Waals surface area contributed by atoms with Crippen LogP contribution in [0, 0.1) is 0 Å². The van der Waals surface area contributed by atoms with Gasteiger partial charge in [-0.1, -0.05) is 6.07 Å². The summed E-state index contributed by atoms with van der Waals surface area (Å²) in [5, 5.41) is 8.81. The Balaban J connectivity index is 1.74. The highest BCUT2D eigenvalue weighted by Gasteiger charge is 2.31. The molecule has 0 aliphatic carbocycles. The maximum absolute atomic E-state index is 13.1. The zero-order chi connectivity index (χ0) is 22.9. The van der Waals surface area contributed by atoms with Crippen LogP contribution in [0.2, 0.25) is 0 Å². The number of aliphatic hydroxyl groups is 1. The van der Waals surface area contributed by atoms with E-state index >= 15 is 0 Å². The van der Waals surface area contributed by atoms with Gasteiger partial charge in [-0.3, -0.25) is 4.79 Å². The number of rotatable bonds is 12. The second kappa shape index (κ2) is 12.0. The summed E-state index contributed by atoms with van der Waals surface area (Å²) >= 11 is 0. The summed E-state index contributed by atoms with van der Waals surface area (Å²) in [5.74, 6) is 1.12. The lowest BCUT2D eigenvalue weighted by Gasteiger charge is -2.31. The second-order valence-corrected chi connectivity index (χ2v) is 7.33. The Bertz CT molecular complexity index is 781. The Morgan fingerprint density at radius 1 is 1.19 bits per heavy atom. The van der Waals surface area contributed by atoms with E-state index in [9.17, 15) is 4.79 Å². The summed E-state index contributed by atoms with van der Waals surface area (Å²) in [4.78, 5) is 14.5. The lowest BCUT2D eigenvalue weighted by atomic mass is 9.92. The lowest BCUT2D eigenvalue weighted by molar-refractivity contribution is -0.161. The number of amides is 1. The molecule has 10 nitrogen and oxygen atoms in total. The summed E-state index contributed by atoms with van der Waals surface area (Å²) in [6.07, 6.45) is 1.13. The quantitative estimate of drug-likeness (QED) is 0.370. The minimum Gasteiger partial charge on any atom is -0.459 e. The number of methoxy groups -OCH3 is 2. The van der Waals surface area contributed by atoms with E-state index in [0.717, 1.165) is 5.56 Å². The van der Waals surface area contributed by atoms with Crippen LogP contribution >= 0.6 is 0 Å². The predicted molar refractivity (Wildman–Crippen MR) is 112 cm³/mol. The van der Waals surface area contributed by atoms with Gasteiger partial charge in [0.15, 0.2) is 23.5 Å². The standard InChI is InChI=1S/C22H31NO9/c1-23(13-21(26-2)27-3)22(25)19-11-16(12-20(32-19)29-9-8-28-7-6-24)15-4-5-17-18(10-15)31-14-30-17/h4-5,10-11,16,20-21,24H,6-9,12-14H2,1-3H3/t16-,20+/m0/s1. The molecule has 0 bridgehead atoms. The molecule has 1 amide bonds. The predicted octanol–water partition coefficient (Wildman–Crippen LogP) is 1.23. The Labute approximate surface area is 187 Å². The molecule has 2 heterocycles. The van der Waals surface area contributed by atoms with Crippen LogP contribution in [0.15, 0.2) is 30.0 Å². The van der Waals surface area contributed by atoms with E-state index in [-0.39, 0.29) is 50.7 Å². The number of ether oxygens (including phenoxy) is 7. The van der Waals surface area contributed by atoms with Crippen molar-refractivity contribution in [3.05, 3.63) is 35.6 Å². The first-order valence-electron chi connectivity index (χ1n) is 10.4. The first-order chi connectivity index (χ1) is 15.5. The Hall–Kier alpha value is -2.37. The minimum atomic E-state index is -0.638. The number of hydrogen-bond donors (Lipinski definition) is 1. The highest BCUT2D eigenvalue weighted by molar-refractivity contribution is 5.91. The van der Waals surface area contributed by atoms with Crippen molar-refractivity contribution in [2.75, 3.05) is 61.0 Å². The van der Waals surface area contributed by atoms with E-state index in [4.69, 9.17) is 38.3 Å². The Morgan fingerprint density at radius 2 is 1.97 bits per heavy atom. The van der Waals surface area contributed by atoms with Gasteiger partial charge >= 0.3 is 0 Å². The van der Waals surface area contributed by atoms with E-state index in [1.54, 1.807) is 13.1 Å². The van der Waals surface area contributed by atoms with Gasteiger partial charge in [-0.25, -0.2) is 0 Å². The molecule has 0 unspecified atom stereocenters. The molecule has 178 valence electrons. The fraction of sp³-hybridized carbons (Fsp3) is 0.591. The number of carbonyl (C=O) groups is 1. The molecule has 0 radical (unpaired) electrons. The minimum absolute atomic E-state index is 0.0518. The van der Waals surface area contributed by atoms with Crippen LogP contribution in [0.5, 0.6) is 11.5 Å². The molecule has 0 aromatic heterocycles. The molecular formula is C22H31NO9. The number of likely N-dealkylation sites (N-methyl/N-ethyl adjacent to an activating group) is 1. The molecule has 0 spiro atoms. The molecule has 1 aromatic carbocycles. The molecule has 0 saturated heterocycles. The van der Waals surface area contributed by atoms with Crippen LogP contribution in [-0.4, -0.2) is 89.5 Å². The van der Waals surface area contributed by atoms with Crippen LogP contribution in [0.25, 0.3) is 0 Å². The van der Waals surface area contributed by atoms with Gasteiger partial charge in [0.2, 0.25) is 13.1 Å². The van der Waals surface area contributed by atoms with Gasteiger partial charge in [0.1, 0.15) is 0 Å². The summed E-state index contributed by atoms with van der Waals surface area (Å²) < 4.78 is 38.2. The van der Waals surface area contributed by atoms with Crippen molar-refractivity contribution in [1.29, 1.82) is 0 Å². The summed E-state index contributed by atoms with van der Waals surface area (Å²) in [7, 11) is 4.68. The van der Waals surface area contributed by atoms with Gasteiger partial charge in [0.05, 0.1) is 33.0 Å². The van der Waals surface area contributed by atoms with Crippen molar-refractivity contribution in [3.8, 4) is 11.5 Å². The fourth-order valence-electron chi connectivity index (χ4n) is 3.43. The topological polar surface area (TPSA) is 105 Å². The molecule has 0 saturated carbocycles. The smallest absolute Gasteiger partial charge is 0.288 e. The van der Waals surface area contributed by atoms with E-state index < -0.39 is 12.6 Å². The molecular weight excluding hydrogens is 422 g/mol. The lowest BCUT2D eigenvalue weighted by Crippen LogP contribution is -2.39. The second-order valence-electron chi connectivity index (χ2n) is 7.33. The van der Waals surface area contributed by atoms with Crippen molar-refractivity contribution in [2.24, 2.45) is 0 Å². The van der Waals surface area contributed by atoms with Gasteiger partial charge in [-0.2, -0.15) is 0 Å². The molecule has 10 heteroatoms. The number of aliphatic hydroxyl groups excluding tert-OH is 1. The van der Waals surface area contributed by atoms with Crippen LogP contribution < -0.4 is 9.47 Å². The largest absolute Gasteiger partial charge is 0.459 e. The SMILES string of the molecule is COC(CN(C)C(=O)C1=C[C@H](c2ccc3c(c2)OCO3)C[C@H](OCCOCCO)O1)OC. The summed E-state index contributed by atoms with van der Waals surface area (Å²) in [5.41, 5.74) is 0.960. The van der Waals surface area contributed by atoms with Gasteiger partial charge in [0, 0.05) is 33.6 Å². The van der Waals surface area contributed by atoms with E-state index in [1.165, 1.54) is 19.1 Å². The normalized spacial score (nSPS) is 19.6. The number of nitrogens with zero attached hydrogens (tertiary/aromatic N) is 1. The van der Waals surface area contributed by atoms with Gasteiger partial charge in [-0.15, -0.1) is 0 Å². The Morgan fingerprint density at radius 3 is 2.72 bits per heavy atom. The highest BCUT2D eigenvalue weighted by Crippen LogP contribution is 2.38. The molecule has 2 aliphatic rings. The van der Waals surface area contributed by atoms with Crippen LogP contribution in [0.4, 0.5) is 0 Å². The number of hydrogen-bond acceptors (Lipinski definition) is 9. The maximum Gasteiger partial charge on any atom is 0.288 e. The van der Waals surface area contributed by atoms with Crippen LogP contribution in [0.3, 0.4) is 0 Å². The number of allylic oxidation sites excluding steroid dienone is 1. The third-order valence-electron chi connectivity index (χ3n) is 5.16. The van der Waals surface area contributed by atoms with Crippen molar-refractivity contribution in [3.63, 3.8) is 0 Å². The van der Waals surface area contributed by atoms with Crippen molar-refractivity contribution in [2.45, 2.75) is 24.9 Å². The van der Waals surface area contributed by atoms with Gasteiger partial charge in [-0.05, 0) is 23.8 Å². The zero-order valence-electron chi connectivity index (χ0n) is 18.7. The monoisotopic (exact) mass is 453 g/mol. The van der Waals surface area contributed by atoms with Crippen LogP contribution in [-0.2, 0) is 28.5 Å². The zero-order valence-corrected chi connectivity index (χ0v) is 18.7. The molecule has 32 heavy (non-hydrogen) atoms. The van der Waals surface area contributed by atoms with Crippen molar-refractivity contribution < 1.29 is 43.1 Å². The summed E-state index contributed by atoms with van der Waals surface area (Å²) in [6.45, 7) is 1.20. The first-order valence-corrected chi connectivity index (χ1v) is 10.4. The Kier molecular flexibility index (Phi) is 9.12. The van der Waals surface area contributed by atoms with E-state index in [1.807, 2.05) is 18.2 Å². The molecule has 2 atom stereocenters. The molecule has 1 N–H and O–H groups in total. The molecule has 3 rings (SSSR count). The summed E-state index contributed by atoms with van der Waals surface area (Å²) in [6, 6.07) is 5.71. The van der Waals surface area contributed by atoms with Crippen molar-refractivity contribution in [1.82, 2.24) is 4.90 Å². The van der Waals surface area contributed by atoms with E-state index in [2.05, 4.69) is 0 Å².